The molecule has 1 saturated carbocycles. The molecular formula is C21H20N2O3. The van der Waals surface area contributed by atoms with Crippen molar-refractivity contribution in [2.75, 3.05) is 7.11 Å². The van der Waals surface area contributed by atoms with Crippen LogP contribution >= 0.6 is 0 Å². The molecule has 0 atom stereocenters. The zero-order valence-corrected chi connectivity index (χ0v) is 14.6. The molecule has 1 fully saturated rings. The maximum atomic E-state index is 12.9. The maximum Gasteiger partial charge on any atom is 0.231 e. The van der Waals surface area contributed by atoms with Gasteiger partial charge in [-0.05, 0) is 42.7 Å². The van der Waals surface area contributed by atoms with Crippen LogP contribution < -0.4 is 10.1 Å². The number of benzene rings is 1. The molecule has 132 valence electrons. The lowest BCUT2D eigenvalue weighted by molar-refractivity contribution is -0.123. The van der Waals surface area contributed by atoms with Gasteiger partial charge in [-0.1, -0.05) is 18.2 Å². The second-order valence-corrected chi connectivity index (χ2v) is 6.52. The monoisotopic (exact) mass is 348 g/mol. The fourth-order valence-corrected chi connectivity index (χ4v) is 3.30. The van der Waals surface area contributed by atoms with Crippen LogP contribution in [-0.2, 0) is 16.8 Å². The number of hydrogen-bond acceptors (Lipinski definition) is 4. The molecule has 1 N–H and O–H groups in total. The topological polar surface area (TPSA) is 64.4 Å². The molecule has 5 heteroatoms. The van der Waals surface area contributed by atoms with Crippen LogP contribution in [0.15, 0.2) is 65.5 Å². The third-order valence-electron chi connectivity index (χ3n) is 4.86. The maximum absolute atomic E-state index is 12.9. The van der Waals surface area contributed by atoms with Crippen LogP contribution in [0.25, 0.3) is 11.3 Å². The summed E-state index contributed by atoms with van der Waals surface area (Å²) < 4.78 is 10.8. The average molecular weight is 348 g/mol. The largest absolute Gasteiger partial charge is 0.496 e. The first kappa shape index (κ1) is 16.4. The summed E-state index contributed by atoms with van der Waals surface area (Å²) >= 11 is 0. The third kappa shape index (κ3) is 2.96. The van der Waals surface area contributed by atoms with Gasteiger partial charge in [-0.25, -0.2) is 0 Å². The summed E-state index contributed by atoms with van der Waals surface area (Å²) in [5, 5.41) is 3.06. The minimum Gasteiger partial charge on any atom is -0.496 e. The molecule has 3 aromatic rings. The summed E-state index contributed by atoms with van der Waals surface area (Å²) in [5.41, 5.74) is 2.32. The molecular weight excluding hydrogens is 328 g/mol. The number of pyridine rings is 1. The molecule has 26 heavy (non-hydrogen) atoms. The number of nitrogens with zero attached hydrogens (tertiary/aromatic N) is 1. The molecule has 1 aromatic carbocycles. The highest BCUT2D eigenvalue weighted by atomic mass is 16.5. The van der Waals surface area contributed by atoms with Gasteiger partial charge in [0.2, 0.25) is 5.91 Å². The highest BCUT2D eigenvalue weighted by Gasteiger charge is 2.52. The van der Waals surface area contributed by atoms with Crippen molar-refractivity contribution < 1.29 is 13.9 Å². The summed E-state index contributed by atoms with van der Waals surface area (Å²) in [6.45, 7) is 0.428. The molecule has 0 aliphatic heterocycles. The normalized spacial score (nSPS) is 14.7. The van der Waals surface area contributed by atoms with E-state index in [1.54, 1.807) is 25.8 Å². The molecule has 1 aliphatic carbocycles. The number of carbonyl (C=O) groups is 1. The van der Waals surface area contributed by atoms with Crippen molar-refractivity contribution in [2.45, 2.75) is 24.8 Å². The highest BCUT2D eigenvalue weighted by Crippen LogP contribution is 2.51. The lowest BCUT2D eigenvalue weighted by atomic mass is 9.94. The van der Waals surface area contributed by atoms with E-state index in [0.717, 1.165) is 41.0 Å². The first-order chi connectivity index (χ1) is 12.7. The van der Waals surface area contributed by atoms with Gasteiger partial charge in [-0.15, -0.1) is 0 Å². The summed E-state index contributed by atoms with van der Waals surface area (Å²) in [7, 11) is 1.64. The number of nitrogens with one attached hydrogen (secondary N) is 1. The van der Waals surface area contributed by atoms with E-state index in [1.807, 2.05) is 42.5 Å². The van der Waals surface area contributed by atoms with Gasteiger partial charge in [0, 0.05) is 30.1 Å². The van der Waals surface area contributed by atoms with Gasteiger partial charge < -0.3 is 14.5 Å². The van der Waals surface area contributed by atoms with Gasteiger partial charge in [0.25, 0.3) is 0 Å². The number of methoxy groups -OCH3 is 1. The first-order valence-corrected chi connectivity index (χ1v) is 8.62. The van der Waals surface area contributed by atoms with Crippen molar-refractivity contribution >= 4 is 5.91 Å². The van der Waals surface area contributed by atoms with Crippen LogP contribution in [0.4, 0.5) is 0 Å². The molecule has 5 nitrogen and oxygen atoms in total. The van der Waals surface area contributed by atoms with E-state index >= 15 is 0 Å². The average Bonchev–Trinajstić information content (AvgIpc) is 3.32. The quantitative estimate of drug-likeness (QED) is 0.738. The second-order valence-electron chi connectivity index (χ2n) is 6.52. The van der Waals surface area contributed by atoms with Gasteiger partial charge >= 0.3 is 0 Å². The molecule has 2 aromatic heterocycles. The number of amides is 1. The van der Waals surface area contributed by atoms with E-state index in [1.165, 1.54) is 0 Å². The van der Waals surface area contributed by atoms with Crippen LogP contribution in [-0.4, -0.2) is 18.0 Å². The third-order valence-corrected chi connectivity index (χ3v) is 4.86. The van der Waals surface area contributed by atoms with Crippen molar-refractivity contribution in [1.29, 1.82) is 0 Å². The van der Waals surface area contributed by atoms with E-state index in [-0.39, 0.29) is 5.91 Å². The van der Waals surface area contributed by atoms with Crippen molar-refractivity contribution in [2.24, 2.45) is 0 Å². The molecule has 0 spiro atoms. The fraction of sp³-hybridized carbons (Fsp3) is 0.238. The molecule has 0 saturated heterocycles. The number of carbonyl (C=O) groups excluding carboxylic acids is 1. The molecule has 0 unspecified atom stereocenters. The number of furan rings is 1. The highest BCUT2D eigenvalue weighted by molar-refractivity contribution is 5.92. The van der Waals surface area contributed by atoms with E-state index in [0.29, 0.717) is 6.54 Å². The SMILES string of the molecule is COc1ccccc1C1(C(=O)NCc2cncc(-c3ccco3)c2)CC1. The Morgan fingerprint density at radius 1 is 1.23 bits per heavy atom. The Morgan fingerprint density at radius 3 is 2.81 bits per heavy atom. The van der Waals surface area contributed by atoms with Gasteiger partial charge in [-0.2, -0.15) is 0 Å². The predicted octanol–water partition coefficient (Wildman–Crippen LogP) is 3.70. The smallest absolute Gasteiger partial charge is 0.231 e. The number of hydrogen-bond donors (Lipinski definition) is 1. The molecule has 2 heterocycles. The van der Waals surface area contributed by atoms with E-state index in [2.05, 4.69) is 10.3 Å². The number of para-hydroxylation sites is 1. The van der Waals surface area contributed by atoms with Crippen molar-refractivity contribution in [1.82, 2.24) is 10.3 Å². The Balaban J connectivity index is 1.49. The van der Waals surface area contributed by atoms with Crippen molar-refractivity contribution in [3.05, 3.63) is 72.2 Å². The zero-order valence-electron chi connectivity index (χ0n) is 14.6. The van der Waals surface area contributed by atoms with Gasteiger partial charge in [-0.3, -0.25) is 9.78 Å². The van der Waals surface area contributed by atoms with Crippen LogP contribution in [0.1, 0.15) is 24.0 Å². The summed E-state index contributed by atoms with van der Waals surface area (Å²) in [4.78, 5) is 17.1. The standard InChI is InChI=1S/C21H20N2O3/c1-25-19-6-3-2-5-17(19)21(8-9-21)20(24)23-13-15-11-16(14-22-12-15)18-7-4-10-26-18/h2-7,10-12,14H,8-9,13H2,1H3,(H,23,24). The molecule has 1 aliphatic rings. The Labute approximate surface area is 152 Å². The molecule has 0 radical (unpaired) electrons. The number of ether oxygens (including phenoxy) is 1. The summed E-state index contributed by atoms with van der Waals surface area (Å²) in [6.07, 6.45) is 6.82. The summed E-state index contributed by atoms with van der Waals surface area (Å²) in [6, 6.07) is 13.5. The van der Waals surface area contributed by atoms with E-state index < -0.39 is 5.41 Å². The Morgan fingerprint density at radius 2 is 2.08 bits per heavy atom. The number of rotatable bonds is 6. The minimum atomic E-state index is -0.474. The lowest BCUT2D eigenvalue weighted by Crippen LogP contribution is -2.34. The summed E-state index contributed by atoms with van der Waals surface area (Å²) in [5.74, 6) is 1.56. The van der Waals surface area contributed by atoms with Crippen molar-refractivity contribution in [3.8, 4) is 17.1 Å². The molecule has 0 bridgehead atoms. The van der Waals surface area contributed by atoms with Crippen LogP contribution in [0.3, 0.4) is 0 Å². The molecule has 4 rings (SSSR count). The van der Waals surface area contributed by atoms with Crippen LogP contribution in [0.5, 0.6) is 5.75 Å². The number of aromatic nitrogens is 1. The van der Waals surface area contributed by atoms with Gasteiger partial charge in [0.15, 0.2) is 0 Å². The van der Waals surface area contributed by atoms with E-state index in [9.17, 15) is 4.79 Å². The predicted molar refractivity (Wildman–Crippen MR) is 97.7 cm³/mol. The minimum absolute atomic E-state index is 0.0328. The fourth-order valence-electron chi connectivity index (χ4n) is 3.30. The van der Waals surface area contributed by atoms with Gasteiger partial charge in [0.05, 0.1) is 18.8 Å². The second kappa shape index (κ2) is 6.67. The Bertz CT molecular complexity index is 915. The zero-order chi connectivity index (χ0) is 18.0. The van der Waals surface area contributed by atoms with Crippen LogP contribution in [0.2, 0.25) is 0 Å². The first-order valence-electron chi connectivity index (χ1n) is 8.62. The van der Waals surface area contributed by atoms with Crippen molar-refractivity contribution in [3.63, 3.8) is 0 Å². The van der Waals surface area contributed by atoms with E-state index in [4.69, 9.17) is 9.15 Å². The lowest BCUT2D eigenvalue weighted by Gasteiger charge is -2.18. The Kier molecular flexibility index (Phi) is 4.21. The molecule has 1 amide bonds. The Hall–Kier alpha value is -3.08. The van der Waals surface area contributed by atoms with Crippen LogP contribution in [0, 0.1) is 0 Å². The van der Waals surface area contributed by atoms with Gasteiger partial charge in [0.1, 0.15) is 11.5 Å².